The van der Waals surface area contributed by atoms with E-state index in [1.165, 1.54) is 0 Å². The highest BCUT2D eigenvalue weighted by atomic mass is 35.5. The molecule has 0 saturated carbocycles. The summed E-state index contributed by atoms with van der Waals surface area (Å²) in [5.41, 5.74) is 0.977. The van der Waals surface area contributed by atoms with Gasteiger partial charge in [0.25, 0.3) is 0 Å². The Bertz CT molecular complexity index is 421. The molecule has 0 aromatic heterocycles. The lowest BCUT2D eigenvalue weighted by atomic mass is 10.1. The van der Waals surface area contributed by atoms with Crippen molar-refractivity contribution in [3.8, 4) is 5.75 Å². The molecular formula is C14H18ClNO3. The number of methoxy groups -OCH3 is 1. The molecule has 0 N–H and O–H groups in total. The molecule has 19 heavy (non-hydrogen) atoms. The Balaban J connectivity index is 1.98. The maximum atomic E-state index is 12.3. The SMILES string of the molecule is COc1ccc(CC(=O)N2CCOCC2CCl)cc1. The second kappa shape index (κ2) is 6.78. The second-order valence-corrected chi connectivity index (χ2v) is 4.80. The van der Waals surface area contributed by atoms with Gasteiger partial charge in [0.1, 0.15) is 5.75 Å². The van der Waals surface area contributed by atoms with Crippen LogP contribution in [0.4, 0.5) is 0 Å². The van der Waals surface area contributed by atoms with E-state index in [0.29, 0.717) is 32.1 Å². The summed E-state index contributed by atoms with van der Waals surface area (Å²) in [5.74, 6) is 1.30. The van der Waals surface area contributed by atoms with Crippen molar-refractivity contribution in [3.05, 3.63) is 29.8 Å². The van der Waals surface area contributed by atoms with Crippen molar-refractivity contribution >= 4 is 17.5 Å². The Labute approximate surface area is 118 Å². The van der Waals surface area contributed by atoms with Crippen molar-refractivity contribution in [2.24, 2.45) is 0 Å². The van der Waals surface area contributed by atoms with Crippen molar-refractivity contribution in [1.29, 1.82) is 0 Å². The van der Waals surface area contributed by atoms with E-state index in [-0.39, 0.29) is 11.9 Å². The van der Waals surface area contributed by atoms with Gasteiger partial charge in [0.05, 0.1) is 32.8 Å². The van der Waals surface area contributed by atoms with Gasteiger partial charge in [0, 0.05) is 12.4 Å². The zero-order valence-corrected chi connectivity index (χ0v) is 11.7. The third-order valence-corrected chi connectivity index (χ3v) is 3.60. The number of alkyl halides is 1. The number of carbonyl (C=O) groups is 1. The summed E-state index contributed by atoms with van der Waals surface area (Å²) in [6.07, 6.45) is 0.386. The summed E-state index contributed by atoms with van der Waals surface area (Å²) in [7, 11) is 1.62. The number of amides is 1. The topological polar surface area (TPSA) is 38.8 Å². The molecule has 5 heteroatoms. The standard InChI is InChI=1S/C14H18ClNO3/c1-18-13-4-2-11(3-5-13)8-14(17)16-6-7-19-10-12(16)9-15/h2-5,12H,6-10H2,1H3. The van der Waals surface area contributed by atoms with Crippen LogP contribution >= 0.6 is 11.6 Å². The molecular weight excluding hydrogens is 266 g/mol. The Kier molecular flexibility index (Phi) is 5.05. The summed E-state index contributed by atoms with van der Waals surface area (Å²) in [5, 5.41) is 0. The van der Waals surface area contributed by atoms with Crippen LogP contribution in [-0.2, 0) is 16.0 Å². The van der Waals surface area contributed by atoms with Gasteiger partial charge in [-0.1, -0.05) is 12.1 Å². The first kappa shape index (κ1) is 14.2. The van der Waals surface area contributed by atoms with Gasteiger partial charge in [-0.15, -0.1) is 11.6 Å². The zero-order valence-electron chi connectivity index (χ0n) is 11.0. The normalized spacial score (nSPS) is 19.3. The predicted octanol–water partition coefficient (Wildman–Crippen LogP) is 1.70. The molecule has 1 amide bonds. The number of rotatable bonds is 4. The lowest BCUT2D eigenvalue weighted by Crippen LogP contribution is -2.50. The number of morpholine rings is 1. The minimum absolute atomic E-state index is 0.0128. The van der Waals surface area contributed by atoms with Crippen molar-refractivity contribution in [2.45, 2.75) is 12.5 Å². The summed E-state index contributed by atoms with van der Waals surface area (Å²) in [6.45, 7) is 1.73. The first-order valence-electron chi connectivity index (χ1n) is 6.30. The molecule has 2 rings (SSSR count). The quantitative estimate of drug-likeness (QED) is 0.790. The lowest BCUT2D eigenvalue weighted by molar-refractivity contribution is -0.138. The molecule has 1 heterocycles. The molecule has 0 radical (unpaired) electrons. The van der Waals surface area contributed by atoms with Crippen LogP contribution in [0.1, 0.15) is 5.56 Å². The number of hydrogen-bond donors (Lipinski definition) is 0. The van der Waals surface area contributed by atoms with Crippen LogP contribution in [0.3, 0.4) is 0 Å². The number of halogens is 1. The largest absolute Gasteiger partial charge is 0.497 e. The van der Waals surface area contributed by atoms with E-state index in [2.05, 4.69) is 0 Å². The summed E-state index contributed by atoms with van der Waals surface area (Å²) < 4.78 is 10.4. The number of nitrogens with zero attached hydrogens (tertiary/aromatic N) is 1. The van der Waals surface area contributed by atoms with E-state index in [4.69, 9.17) is 21.1 Å². The molecule has 4 nitrogen and oxygen atoms in total. The number of benzene rings is 1. The van der Waals surface area contributed by atoms with Crippen molar-refractivity contribution < 1.29 is 14.3 Å². The third-order valence-electron chi connectivity index (χ3n) is 3.24. The highest BCUT2D eigenvalue weighted by Crippen LogP contribution is 2.15. The average molecular weight is 284 g/mol. The van der Waals surface area contributed by atoms with Crippen LogP contribution in [0, 0.1) is 0 Å². The molecule has 1 aliphatic rings. The fraction of sp³-hybridized carbons (Fsp3) is 0.500. The highest BCUT2D eigenvalue weighted by molar-refractivity contribution is 6.18. The Hall–Kier alpha value is -1.26. The number of ether oxygens (including phenoxy) is 2. The maximum absolute atomic E-state index is 12.3. The fourth-order valence-corrected chi connectivity index (χ4v) is 2.39. The molecule has 1 aliphatic heterocycles. The van der Waals surface area contributed by atoms with E-state index >= 15 is 0 Å². The molecule has 0 bridgehead atoms. The summed E-state index contributed by atoms with van der Waals surface area (Å²) >= 11 is 5.87. The number of carbonyl (C=O) groups excluding carboxylic acids is 1. The van der Waals surface area contributed by atoms with Gasteiger partial charge in [0.15, 0.2) is 0 Å². The van der Waals surface area contributed by atoms with Crippen LogP contribution in [0.2, 0.25) is 0 Å². The third kappa shape index (κ3) is 3.61. The van der Waals surface area contributed by atoms with Gasteiger partial charge in [-0.2, -0.15) is 0 Å². The minimum atomic E-state index is -0.0128. The van der Waals surface area contributed by atoms with Crippen molar-refractivity contribution in [2.75, 3.05) is 32.7 Å². The zero-order chi connectivity index (χ0) is 13.7. The van der Waals surface area contributed by atoms with E-state index in [9.17, 15) is 4.79 Å². The highest BCUT2D eigenvalue weighted by Gasteiger charge is 2.26. The Morgan fingerprint density at radius 1 is 1.47 bits per heavy atom. The molecule has 1 unspecified atom stereocenters. The van der Waals surface area contributed by atoms with Gasteiger partial charge in [0.2, 0.25) is 5.91 Å². The van der Waals surface area contributed by atoms with Crippen molar-refractivity contribution in [1.82, 2.24) is 4.90 Å². The monoisotopic (exact) mass is 283 g/mol. The van der Waals surface area contributed by atoms with E-state index < -0.39 is 0 Å². The minimum Gasteiger partial charge on any atom is -0.497 e. The first-order valence-corrected chi connectivity index (χ1v) is 6.84. The molecule has 1 aromatic carbocycles. The van der Waals surface area contributed by atoms with Gasteiger partial charge >= 0.3 is 0 Å². The Morgan fingerprint density at radius 2 is 2.21 bits per heavy atom. The fourth-order valence-electron chi connectivity index (χ4n) is 2.13. The Morgan fingerprint density at radius 3 is 2.84 bits per heavy atom. The maximum Gasteiger partial charge on any atom is 0.227 e. The van der Waals surface area contributed by atoms with Crippen LogP contribution in [0.25, 0.3) is 0 Å². The van der Waals surface area contributed by atoms with Gasteiger partial charge in [-0.05, 0) is 17.7 Å². The molecule has 1 aromatic rings. The second-order valence-electron chi connectivity index (χ2n) is 4.50. The van der Waals surface area contributed by atoms with Crippen LogP contribution in [-0.4, -0.2) is 49.6 Å². The average Bonchev–Trinajstić information content (AvgIpc) is 2.48. The predicted molar refractivity (Wildman–Crippen MR) is 73.7 cm³/mol. The van der Waals surface area contributed by atoms with E-state index in [1.807, 2.05) is 29.2 Å². The lowest BCUT2D eigenvalue weighted by Gasteiger charge is -2.34. The van der Waals surface area contributed by atoms with Crippen molar-refractivity contribution in [3.63, 3.8) is 0 Å². The molecule has 0 spiro atoms. The van der Waals surface area contributed by atoms with Gasteiger partial charge in [-0.25, -0.2) is 0 Å². The number of hydrogen-bond acceptors (Lipinski definition) is 3. The van der Waals surface area contributed by atoms with Crippen LogP contribution in [0.5, 0.6) is 5.75 Å². The van der Waals surface area contributed by atoms with Crippen LogP contribution in [0.15, 0.2) is 24.3 Å². The van der Waals surface area contributed by atoms with Gasteiger partial charge < -0.3 is 14.4 Å². The molecule has 1 saturated heterocycles. The summed E-state index contributed by atoms with van der Waals surface area (Å²) in [6, 6.07) is 7.53. The van der Waals surface area contributed by atoms with Gasteiger partial charge in [-0.3, -0.25) is 4.79 Å². The molecule has 104 valence electrons. The smallest absolute Gasteiger partial charge is 0.227 e. The van der Waals surface area contributed by atoms with E-state index in [0.717, 1.165) is 11.3 Å². The summed E-state index contributed by atoms with van der Waals surface area (Å²) in [4.78, 5) is 14.1. The molecule has 1 fully saturated rings. The van der Waals surface area contributed by atoms with Crippen LogP contribution < -0.4 is 4.74 Å². The molecule has 1 atom stereocenters. The molecule has 0 aliphatic carbocycles. The van der Waals surface area contributed by atoms with E-state index in [1.54, 1.807) is 7.11 Å². The first-order chi connectivity index (χ1) is 9.24.